The number of ketones is 1. The second-order valence-corrected chi connectivity index (χ2v) is 11.9. The van der Waals surface area contributed by atoms with E-state index in [2.05, 4.69) is 11.9 Å². The molecule has 0 aliphatic carbocycles. The lowest BCUT2D eigenvalue weighted by Gasteiger charge is -2.24. The van der Waals surface area contributed by atoms with Gasteiger partial charge in [-0.2, -0.15) is 0 Å². The zero-order chi connectivity index (χ0) is 31.0. The van der Waals surface area contributed by atoms with Crippen molar-refractivity contribution in [3.63, 3.8) is 0 Å². The van der Waals surface area contributed by atoms with E-state index in [1.807, 2.05) is 13.8 Å². The minimum absolute atomic E-state index is 0.00320. The van der Waals surface area contributed by atoms with Gasteiger partial charge in [-0.05, 0) is 79.9 Å². The maximum atomic E-state index is 14.0. The fraction of sp³-hybridized carbons (Fsp3) is 0.324. The molecule has 44 heavy (non-hydrogen) atoms. The number of aromatic nitrogens is 1. The van der Waals surface area contributed by atoms with Gasteiger partial charge in [-0.3, -0.25) is 14.5 Å². The molecule has 8 nitrogen and oxygen atoms in total. The number of amides is 1. The summed E-state index contributed by atoms with van der Waals surface area (Å²) in [5.41, 5.74) is 2.25. The summed E-state index contributed by atoms with van der Waals surface area (Å²) < 4.78 is 32.3. The van der Waals surface area contributed by atoms with Crippen molar-refractivity contribution >= 4 is 44.1 Å². The Hall–Kier alpha value is -4.44. The number of carbonyl (C=O) groups is 2. The van der Waals surface area contributed by atoms with Gasteiger partial charge >= 0.3 is 5.91 Å². The van der Waals surface area contributed by atoms with Crippen LogP contribution in [0.5, 0.6) is 17.2 Å². The highest BCUT2D eigenvalue weighted by Gasteiger charge is 2.48. The number of thiazole rings is 1. The van der Waals surface area contributed by atoms with Gasteiger partial charge in [0.15, 0.2) is 16.6 Å². The Morgan fingerprint density at radius 2 is 1.91 bits per heavy atom. The third-order valence-corrected chi connectivity index (χ3v) is 8.77. The summed E-state index contributed by atoms with van der Waals surface area (Å²) in [7, 11) is 0. The number of anilines is 1. The SMILES string of the molecule is CCCCCOc1ccc(C2/C(=C(\O)c3ccc4c(c3)CC(C)O4)C(=O)C(=O)N2c2nc3ccc(F)cc3s2)cc1OCC. The maximum Gasteiger partial charge on any atom is 0.301 e. The first-order chi connectivity index (χ1) is 21.3. The first-order valence-corrected chi connectivity index (χ1v) is 15.7. The van der Waals surface area contributed by atoms with Gasteiger partial charge in [-0.25, -0.2) is 9.37 Å². The fourth-order valence-electron chi connectivity index (χ4n) is 5.68. The van der Waals surface area contributed by atoms with Crippen LogP contribution in [0.4, 0.5) is 9.52 Å². The van der Waals surface area contributed by atoms with E-state index in [0.717, 1.165) is 41.9 Å². The van der Waals surface area contributed by atoms with Crippen LogP contribution in [0.3, 0.4) is 0 Å². The molecule has 0 bridgehead atoms. The Bertz CT molecular complexity index is 1780. The van der Waals surface area contributed by atoms with E-state index in [1.165, 1.54) is 23.1 Å². The normalized spacial score (nSPS) is 19.0. The summed E-state index contributed by atoms with van der Waals surface area (Å²) in [5, 5.41) is 11.9. The first kappa shape index (κ1) is 29.6. The van der Waals surface area contributed by atoms with E-state index in [0.29, 0.717) is 52.5 Å². The Balaban J connectivity index is 1.49. The highest BCUT2D eigenvalue weighted by Crippen LogP contribution is 2.46. The Morgan fingerprint density at radius 1 is 1.07 bits per heavy atom. The van der Waals surface area contributed by atoms with Crippen molar-refractivity contribution < 1.29 is 33.3 Å². The molecule has 0 saturated carbocycles. The third kappa shape index (κ3) is 5.50. The third-order valence-electron chi connectivity index (χ3n) is 7.75. The monoisotopic (exact) mass is 616 g/mol. The van der Waals surface area contributed by atoms with Gasteiger partial charge in [-0.1, -0.05) is 37.2 Å². The predicted octanol–water partition coefficient (Wildman–Crippen LogP) is 7.35. The molecule has 2 aliphatic heterocycles. The van der Waals surface area contributed by atoms with Gasteiger partial charge in [0.2, 0.25) is 0 Å². The molecule has 0 spiro atoms. The van der Waals surface area contributed by atoms with Gasteiger partial charge in [0.25, 0.3) is 5.78 Å². The maximum absolute atomic E-state index is 14.0. The highest BCUT2D eigenvalue weighted by molar-refractivity contribution is 7.22. The van der Waals surface area contributed by atoms with E-state index in [-0.39, 0.29) is 22.6 Å². The minimum Gasteiger partial charge on any atom is -0.507 e. The summed E-state index contributed by atoms with van der Waals surface area (Å²) in [6.45, 7) is 6.83. The molecule has 1 amide bonds. The zero-order valence-electron chi connectivity index (χ0n) is 24.8. The second-order valence-electron chi connectivity index (χ2n) is 10.9. The van der Waals surface area contributed by atoms with Crippen molar-refractivity contribution in [3.05, 3.63) is 82.7 Å². The van der Waals surface area contributed by atoms with Crippen molar-refractivity contribution in [2.24, 2.45) is 0 Å². The minimum atomic E-state index is -1.03. The van der Waals surface area contributed by atoms with Crippen LogP contribution in [0.2, 0.25) is 0 Å². The average molecular weight is 617 g/mol. The topological polar surface area (TPSA) is 98.2 Å². The number of ether oxygens (including phenoxy) is 3. The van der Waals surface area contributed by atoms with E-state index in [1.54, 1.807) is 36.4 Å². The molecule has 10 heteroatoms. The fourth-order valence-corrected chi connectivity index (χ4v) is 6.69. The molecule has 6 rings (SSSR count). The summed E-state index contributed by atoms with van der Waals surface area (Å²) in [5.74, 6) is -0.689. The number of hydrogen-bond acceptors (Lipinski definition) is 8. The number of benzene rings is 3. The molecule has 2 unspecified atom stereocenters. The van der Waals surface area contributed by atoms with Crippen LogP contribution in [-0.2, 0) is 16.0 Å². The smallest absolute Gasteiger partial charge is 0.301 e. The molecule has 228 valence electrons. The molecule has 4 aromatic rings. The van der Waals surface area contributed by atoms with E-state index < -0.39 is 23.5 Å². The number of Topliss-reactive ketones (excluding diaryl/α,β-unsaturated/α-hetero) is 1. The number of hydrogen-bond donors (Lipinski definition) is 1. The van der Waals surface area contributed by atoms with Gasteiger partial charge in [-0.15, -0.1) is 0 Å². The lowest BCUT2D eigenvalue weighted by atomic mass is 9.94. The quantitative estimate of drug-likeness (QED) is 0.0861. The van der Waals surface area contributed by atoms with Crippen LogP contribution in [0.15, 0.2) is 60.2 Å². The molecule has 3 aromatic carbocycles. The van der Waals surface area contributed by atoms with Crippen LogP contribution in [0, 0.1) is 5.82 Å². The standard InChI is InChI=1S/C34H33FN2O6S/c1-4-6-7-14-42-26-13-8-20(17-27(26)41-5-2)30-29(31(38)21-9-12-25-22(16-21)15-19(3)43-25)32(39)33(40)37(30)34-36-24-11-10-23(35)18-28(24)44-34/h8-13,16-19,30,38H,4-7,14-15H2,1-3H3/b31-29+. The number of rotatable bonds is 10. The number of aliphatic hydroxyl groups excluding tert-OH is 1. The Morgan fingerprint density at radius 3 is 2.70 bits per heavy atom. The molecule has 2 aliphatic rings. The molecular weight excluding hydrogens is 583 g/mol. The molecule has 1 saturated heterocycles. The molecular formula is C34H33FN2O6S. The van der Waals surface area contributed by atoms with Crippen molar-refractivity contribution in [1.29, 1.82) is 0 Å². The summed E-state index contributed by atoms with van der Waals surface area (Å²) >= 11 is 1.10. The lowest BCUT2D eigenvalue weighted by Crippen LogP contribution is -2.29. The molecule has 1 N–H and O–H groups in total. The molecule has 1 aromatic heterocycles. The van der Waals surface area contributed by atoms with Crippen molar-refractivity contribution in [1.82, 2.24) is 4.98 Å². The van der Waals surface area contributed by atoms with E-state index in [9.17, 15) is 19.1 Å². The zero-order valence-corrected chi connectivity index (χ0v) is 25.6. The molecule has 0 radical (unpaired) electrons. The molecule has 3 heterocycles. The lowest BCUT2D eigenvalue weighted by molar-refractivity contribution is -0.132. The van der Waals surface area contributed by atoms with Crippen LogP contribution >= 0.6 is 11.3 Å². The van der Waals surface area contributed by atoms with Crippen LogP contribution in [0.25, 0.3) is 16.0 Å². The largest absolute Gasteiger partial charge is 0.507 e. The van der Waals surface area contributed by atoms with Gasteiger partial charge in [0.05, 0.1) is 35.0 Å². The van der Waals surface area contributed by atoms with Gasteiger partial charge in [0.1, 0.15) is 23.4 Å². The van der Waals surface area contributed by atoms with Crippen LogP contribution in [0.1, 0.15) is 62.8 Å². The number of halogens is 1. The Kier molecular flexibility index (Phi) is 8.27. The summed E-state index contributed by atoms with van der Waals surface area (Å²) in [4.78, 5) is 33.3. The van der Waals surface area contributed by atoms with Crippen molar-refractivity contribution in [3.8, 4) is 17.2 Å². The summed E-state index contributed by atoms with van der Waals surface area (Å²) in [6, 6.07) is 13.6. The van der Waals surface area contributed by atoms with E-state index >= 15 is 0 Å². The predicted molar refractivity (Wildman–Crippen MR) is 167 cm³/mol. The van der Waals surface area contributed by atoms with Crippen LogP contribution < -0.4 is 19.1 Å². The van der Waals surface area contributed by atoms with Crippen LogP contribution in [-0.4, -0.2) is 41.1 Å². The van der Waals surface area contributed by atoms with Gasteiger partial charge in [0, 0.05) is 12.0 Å². The van der Waals surface area contributed by atoms with E-state index in [4.69, 9.17) is 14.2 Å². The second kappa shape index (κ2) is 12.3. The first-order valence-electron chi connectivity index (χ1n) is 14.9. The van der Waals surface area contributed by atoms with Crippen molar-refractivity contribution in [2.75, 3.05) is 18.1 Å². The summed E-state index contributed by atoms with van der Waals surface area (Å²) in [6.07, 6.45) is 3.65. The average Bonchev–Trinajstić information content (AvgIpc) is 3.67. The number of carbonyl (C=O) groups excluding carboxylic acids is 2. The Labute approximate surface area is 258 Å². The van der Waals surface area contributed by atoms with Gasteiger partial charge < -0.3 is 19.3 Å². The number of nitrogens with zero attached hydrogens (tertiary/aromatic N) is 2. The number of fused-ring (bicyclic) bond motifs is 2. The van der Waals surface area contributed by atoms with Crippen molar-refractivity contribution in [2.45, 2.75) is 58.6 Å². The molecule has 2 atom stereocenters. The molecule has 1 fully saturated rings. The number of aliphatic hydroxyl groups is 1. The number of unbranched alkanes of at least 4 members (excludes halogenated alkanes) is 2. The highest BCUT2D eigenvalue weighted by atomic mass is 32.1.